The zero-order valence-corrected chi connectivity index (χ0v) is 38.0. The number of hydrogen-bond acceptors (Lipinski definition) is 6. The van der Waals surface area contributed by atoms with E-state index >= 15 is 0 Å². The lowest BCUT2D eigenvalue weighted by molar-refractivity contribution is -0.437. The van der Waals surface area contributed by atoms with Crippen LogP contribution in [0.2, 0.25) is 0 Å². The summed E-state index contributed by atoms with van der Waals surface area (Å²) in [6.45, 7) is 21.7. The van der Waals surface area contributed by atoms with Crippen molar-refractivity contribution in [1.82, 2.24) is 10.8 Å². The second-order valence-electron chi connectivity index (χ2n) is 18.3. The Hall–Kier alpha value is -5.41. The second-order valence-corrected chi connectivity index (χ2v) is 18.3. The fraction of sp³-hybridized carbons (Fsp3) is 0.442. The molecule has 0 radical (unpaired) electrons. The van der Waals surface area contributed by atoms with E-state index in [1.165, 1.54) is 45.1 Å². The Morgan fingerprint density at radius 3 is 2.30 bits per heavy atom. The van der Waals surface area contributed by atoms with E-state index in [0.717, 1.165) is 62.3 Å². The fourth-order valence-electron chi connectivity index (χ4n) is 8.74. The molecule has 324 valence electrons. The van der Waals surface area contributed by atoms with Gasteiger partial charge in [-0.25, -0.2) is 4.79 Å². The summed E-state index contributed by atoms with van der Waals surface area (Å²) in [6.07, 6.45) is 14.4. The van der Waals surface area contributed by atoms with E-state index in [1.807, 2.05) is 24.3 Å². The Morgan fingerprint density at radius 1 is 0.852 bits per heavy atom. The van der Waals surface area contributed by atoms with Crippen LogP contribution >= 0.6 is 0 Å². The molecule has 0 fully saturated rings. The first-order valence-corrected chi connectivity index (χ1v) is 22.2. The second kappa shape index (κ2) is 19.5. The van der Waals surface area contributed by atoms with Gasteiger partial charge in [0.25, 0.3) is 0 Å². The van der Waals surface area contributed by atoms with Gasteiger partial charge in [0.05, 0.1) is 18.4 Å². The van der Waals surface area contributed by atoms with Crippen LogP contribution in [0.15, 0.2) is 120 Å². The minimum absolute atomic E-state index is 0.0878. The van der Waals surface area contributed by atoms with Gasteiger partial charge in [-0.1, -0.05) is 82.3 Å². The third-order valence-corrected chi connectivity index (χ3v) is 11.7. The lowest BCUT2D eigenvalue weighted by Gasteiger charge is -2.27. The molecule has 9 heteroatoms. The van der Waals surface area contributed by atoms with E-state index in [2.05, 4.69) is 135 Å². The predicted octanol–water partition coefficient (Wildman–Crippen LogP) is 11.1. The molecule has 3 aromatic rings. The number of hydroxylamine groups is 1. The minimum Gasteiger partial charge on any atom is -0.457 e. The van der Waals surface area contributed by atoms with Crippen LogP contribution in [0.5, 0.6) is 5.75 Å². The van der Waals surface area contributed by atoms with E-state index in [9.17, 15) is 9.59 Å². The van der Waals surface area contributed by atoms with Gasteiger partial charge >= 0.3 is 6.09 Å². The third-order valence-electron chi connectivity index (χ3n) is 11.7. The molecule has 0 spiro atoms. The third kappa shape index (κ3) is 10.7. The SMILES string of the molecule is CCCN1/C(=C/C=C2\CCCC(/C=C/C3=[N+](CCC)c4ccccc4C3(C)C)=C2Oc2ccc(CC(=O)NCCCONC(=O)OC(C)(C)C)cc2)C(C)(C)c2ccccc21. The number of rotatable bonds is 16. The first-order valence-electron chi connectivity index (χ1n) is 22.2. The highest BCUT2D eigenvalue weighted by atomic mass is 16.7. The maximum atomic E-state index is 12.8. The van der Waals surface area contributed by atoms with E-state index in [-0.39, 0.29) is 29.8 Å². The largest absolute Gasteiger partial charge is 0.457 e. The van der Waals surface area contributed by atoms with Crippen molar-refractivity contribution < 1.29 is 28.5 Å². The molecule has 61 heavy (non-hydrogen) atoms. The Labute approximate surface area is 364 Å². The van der Waals surface area contributed by atoms with Gasteiger partial charge in [-0.2, -0.15) is 10.1 Å². The van der Waals surface area contributed by atoms with Crippen LogP contribution in [0.25, 0.3) is 0 Å². The number of ether oxygens (including phenoxy) is 2. The zero-order valence-electron chi connectivity index (χ0n) is 38.0. The smallest absolute Gasteiger partial charge is 0.431 e. The fourth-order valence-corrected chi connectivity index (χ4v) is 8.74. The first kappa shape index (κ1) is 45.1. The molecule has 0 saturated heterocycles. The zero-order chi connectivity index (χ0) is 43.8. The summed E-state index contributed by atoms with van der Waals surface area (Å²) in [4.78, 5) is 32.2. The van der Waals surface area contributed by atoms with Crippen LogP contribution in [-0.4, -0.2) is 54.1 Å². The monoisotopic (exact) mass is 828 g/mol. The Bertz CT molecular complexity index is 2220. The molecule has 6 rings (SSSR count). The summed E-state index contributed by atoms with van der Waals surface area (Å²) in [5.74, 6) is 1.55. The summed E-state index contributed by atoms with van der Waals surface area (Å²) in [7, 11) is 0. The van der Waals surface area contributed by atoms with E-state index in [4.69, 9.17) is 14.3 Å². The number of hydrogen-bond donors (Lipinski definition) is 2. The van der Waals surface area contributed by atoms with Gasteiger partial charge in [-0.05, 0) is 119 Å². The average Bonchev–Trinajstić information content (AvgIpc) is 3.56. The molecule has 0 saturated carbocycles. The number of benzene rings is 3. The van der Waals surface area contributed by atoms with Gasteiger partial charge in [-0.3, -0.25) is 9.63 Å². The molecule has 1 aliphatic carbocycles. The van der Waals surface area contributed by atoms with E-state index in [1.54, 1.807) is 20.8 Å². The highest BCUT2D eigenvalue weighted by Gasteiger charge is 2.44. The van der Waals surface area contributed by atoms with Gasteiger partial charge in [-0.15, -0.1) is 0 Å². The summed E-state index contributed by atoms with van der Waals surface area (Å²) in [5, 5.41) is 2.94. The lowest BCUT2D eigenvalue weighted by atomic mass is 9.81. The van der Waals surface area contributed by atoms with Crippen molar-refractivity contribution >= 4 is 29.1 Å². The summed E-state index contributed by atoms with van der Waals surface area (Å²) < 4.78 is 14.6. The topological polar surface area (TPSA) is 92.1 Å². The summed E-state index contributed by atoms with van der Waals surface area (Å²) >= 11 is 0. The van der Waals surface area contributed by atoms with Crippen molar-refractivity contribution in [2.75, 3.05) is 31.1 Å². The molecule has 2 heterocycles. The number of carbonyl (C=O) groups is 2. The van der Waals surface area contributed by atoms with Crippen LogP contribution in [0, 0.1) is 0 Å². The molecule has 2 amide bonds. The Balaban J connectivity index is 1.24. The molecule has 0 atom stereocenters. The van der Waals surface area contributed by atoms with Gasteiger partial charge in [0.1, 0.15) is 23.7 Å². The van der Waals surface area contributed by atoms with Gasteiger partial charge in [0.2, 0.25) is 11.6 Å². The Morgan fingerprint density at radius 2 is 1.57 bits per heavy atom. The van der Waals surface area contributed by atoms with Gasteiger partial charge < -0.3 is 19.7 Å². The summed E-state index contributed by atoms with van der Waals surface area (Å²) in [6, 6.07) is 25.5. The van der Waals surface area contributed by atoms with Crippen LogP contribution in [0.3, 0.4) is 0 Å². The molecule has 2 aliphatic heterocycles. The van der Waals surface area contributed by atoms with Crippen LogP contribution in [0.1, 0.15) is 118 Å². The van der Waals surface area contributed by atoms with Crippen molar-refractivity contribution in [3.8, 4) is 5.75 Å². The number of nitrogens with zero attached hydrogens (tertiary/aromatic N) is 2. The molecule has 3 aliphatic rings. The number of nitrogens with one attached hydrogen (secondary N) is 2. The molecular formula is C52H67N4O5+. The highest BCUT2D eigenvalue weighted by molar-refractivity contribution is 6.03. The maximum absolute atomic E-state index is 12.8. The maximum Gasteiger partial charge on any atom is 0.431 e. The van der Waals surface area contributed by atoms with Gasteiger partial charge in [0, 0.05) is 54.0 Å². The molecule has 0 bridgehead atoms. The predicted molar refractivity (Wildman–Crippen MR) is 247 cm³/mol. The normalized spacial score (nSPS) is 18.2. The van der Waals surface area contributed by atoms with Gasteiger partial charge in [0.15, 0.2) is 5.71 Å². The Kier molecular flexibility index (Phi) is 14.4. The van der Waals surface area contributed by atoms with Crippen LogP contribution in [0.4, 0.5) is 16.2 Å². The minimum atomic E-state index is -0.642. The van der Waals surface area contributed by atoms with Crippen LogP contribution < -0.4 is 20.4 Å². The van der Waals surface area contributed by atoms with Crippen molar-refractivity contribution in [2.45, 2.75) is 124 Å². The molecule has 9 nitrogen and oxygen atoms in total. The van der Waals surface area contributed by atoms with Crippen LogP contribution in [-0.2, 0) is 31.6 Å². The standard InChI is InChI=1S/C52H66N4O5/c1-10-33-55-43-22-14-12-20-41(43)51(6,7)45(55)30-26-38-18-16-19-39(27-31-46-52(8,9)42-21-13-15-23-44(42)56(46)34-11-2)48(38)60-40-28-24-37(25-29-40)36-47(57)53-32-17-35-59-54-49(58)61-50(3,4)5/h12-15,20-31H,10-11,16-19,32-36H2,1-9H3,(H-,53,54,57,58)/p+1. The van der Waals surface area contributed by atoms with Crippen molar-refractivity contribution in [3.05, 3.63) is 136 Å². The average molecular weight is 828 g/mol. The lowest BCUT2D eigenvalue weighted by Crippen LogP contribution is -2.33. The number of anilines is 1. The highest BCUT2D eigenvalue weighted by Crippen LogP contribution is 2.48. The van der Waals surface area contributed by atoms with Crippen molar-refractivity contribution in [3.63, 3.8) is 0 Å². The number of fused-ring (bicyclic) bond motifs is 2. The molecular weight excluding hydrogens is 761 g/mol. The van der Waals surface area contributed by atoms with Crippen molar-refractivity contribution in [2.24, 2.45) is 0 Å². The molecule has 0 unspecified atom stereocenters. The summed E-state index contributed by atoms with van der Waals surface area (Å²) in [5.41, 5.74) is 12.5. The number of allylic oxidation sites excluding steroid dienone is 7. The van der Waals surface area contributed by atoms with E-state index < -0.39 is 11.7 Å². The van der Waals surface area contributed by atoms with Crippen molar-refractivity contribution in [1.29, 1.82) is 0 Å². The number of para-hydroxylation sites is 2. The molecule has 3 aromatic carbocycles. The quantitative estimate of drug-likeness (QED) is 0.0849. The first-order chi connectivity index (χ1) is 29.1. The van der Waals surface area contributed by atoms with E-state index in [0.29, 0.717) is 13.0 Å². The molecule has 0 aromatic heterocycles. The number of amides is 2. The molecule has 2 N–H and O–H groups in total. The number of carbonyl (C=O) groups excluding carboxylic acids is 2.